The lowest BCUT2D eigenvalue weighted by atomic mass is 9.75. The van der Waals surface area contributed by atoms with E-state index in [-0.39, 0.29) is 23.0 Å². The van der Waals surface area contributed by atoms with Gasteiger partial charge in [0.1, 0.15) is 17.8 Å². The van der Waals surface area contributed by atoms with Crippen molar-refractivity contribution in [3.05, 3.63) is 18.1 Å². The second kappa shape index (κ2) is 14.8. The van der Waals surface area contributed by atoms with Gasteiger partial charge in [0.25, 0.3) is 5.91 Å². The molecule has 3 aliphatic rings. The lowest BCUT2D eigenvalue weighted by Crippen LogP contribution is -2.63. The van der Waals surface area contributed by atoms with Gasteiger partial charge in [-0.2, -0.15) is 0 Å². The lowest BCUT2D eigenvalue weighted by molar-refractivity contribution is -0.145. The van der Waals surface area contributed by atoms with Crippen molar-refractivity contribution in [3.63, 3.8) is 0 Å². The number of likely N-dealkylation sites (tertiary alicyclic amines) is 1. The number of amides is 5. The van der Waals surface area contributed by atoms with E-state index in [1.165, 1.54) is 11.2 Å². The maximum absolute atomic E-state index is 14.5. The summed E-state index contributed by atoms with van der Waals surface area (Å²) in [6.07, 6.45) is 8.31. The van der Waals surface area contributed by atoms with Crippen molar-refractivity contribution in [1.82, 2.24) is 20.9 Å². The van der Waals surface area contributed by atoms with Crippen LogP contribution in [0.4, 0.5) is 4.79 Å². The normalized spacial score (nSPS) is 23.1. The summed E-state index contributed by atoms with van der Waals surface area (Å²) in [5, 5.41) is 8.86. The van der Waals surface area contributed by atoms with Crippen LogP contribution in [-0.2, 0) is 30.4 Å². The molecule has 2 saturated carbocycles. The number of carbonyl (C=O) groups is 5. The molecule has 1 aromatic heterocycles. The van der Waals surface area contributed by atoms with Crippen molar-refractivity contribution >= 4 is 40.7 Å². The highest BCUT2D eigenvalue weighted by molar-refractivity contribution is 7.91. The Morgan fingerprint density at radius 2 is 1.69 bits per heavy atom. The zero-order chi connectivity index (χ0) is 35.6. The molecule has 0 aromatic carbocycles. The van der Waals surface area contributed by atoms with Gasteiger partial charge in [-0.1, -0.05) is 73.6 Å². The van der Waals surface area contributed by atoms with Gasteiger partial charge >= 0.3 is 6.03 Å². The molecule has 2 heterocycles. The summed E-state index contributed by atoms with van der Waals surface area (Å²) in [7, 11) is 0. The third-order valence-corrected chi connectivity index (χ3v) is 12.0. The number of rotatable bonds is 12. The summed E-state index contributed by atoms with van der Waals surface area (Å²) in [4.78, 5) is 69.0. The van der Waals surface area contributed by atoms with Crippen LogP contribution >= 0.6 is 0 Å². The van der Waals surface area contributed by atoms with Crippen LogP contribution < -0.4 is 21.7 Å². The SMILES string of the molecule is Cc1occc1[S+]([O-])CC1(NC(=O)N[C@H](C(=O)N2CCC(C(C)(C)C)C2C(=O)NC(CC2CC2)C(=O)C(N)=O)C(C)(C)C)CCCCC1. The molecule has 2 aliphatic carbocycles. The third kappa shape index (κ3) is 9.13. The Bertz CT molecular complexity index is 1360. The Morgan fingerprint density at radius 3 is 2.21 bits per heavy atom. The monoisotopic (exact) mass is 689 g/mol. The molecule has 1 saturated heterocycles. The Labute approximate surface area is 287 Å². The Hall–Kier alpha value is -3.06. The van der Waals surface area contributed by atoms with Gasteiger partial charge in [0, 0.05) is 12.6 Å². The highest BCUT2D eigenvalue weighted by Gasteiger charge is 2.50. The minimum atomic E-state index is -1.40. The molecule has 0 bridgehead atoms. The van der Waals surface area contributed by atoms with Crippen molar-refractivity contribution in [2.75, 3.05) is 12.3 Å². The number of Topliss-reactive ketones (excluding diaryl/α,β-unsaturated/α-hetero) is 1. The zero-order valence-corrected chi connectivity index (χ0v) is 30.4. The van der Waals surface area contributed by atoms with Gasteiger partial charge in [-0.05, 0) is 66.4 Å². The van der Waals surface area contributed by atoms with E-state index in [0.29, 0.717) is 42.9 Å². The molecule has 0 spiro atoms. The van der Waals surface area contributed by atoms with Gasteiger partial charge in [-0.15, -0.1) is 0 Å². The van der Waals surface area contributed by atoms with Gasteiger partial charge in [0.15, 0.2) is 10.7 Å². The molecule has 13 heteroatoms. The quantitative estimate of drug-likeness (QED) is 0.190. The molecule has 1 aliphatic heterocycles. The first-order valence-corrected chi connectivity index (χ1v) is 18.6. The standard InChI is InChI=1S/C35H55N5O7S/c1-21-25(14-18-47-21)48(46)20-35(15-9-8-10-16-35)39-32(45)38-28(34(5,6)7)31(44)40-17-13-23(33(2,3)4)26(40)30(43)37-24(19-22-11-12-22)27(41)29(36)42/h14,18,22-24,26,28H,8-13,15-17,19-20H2,1-7H3,(H2,36,42)(H,37,43)(H2,38,39,45)/t23?,24?,26?,28-,48?/m1/s1. The molecule has 268 valence electrons. The summed E-state index contributed by atoms with van der Waals surface area (Å²) >= 11 is -1.40. The van der Waals surface area contributed by atoms with Crippen LogP contribution in [0.15, 0.2) is 21.6 Å². The summed E-state index contributed by atoms with van der Waals surface area (Å²) in [6, 6.07) is -1.80. The van der Waals surface area contributed by atoms with Crippen LogP contribution in [0.2, 0.25) is 0 Å². The summed E-state index contributed by atoms with van der Waals surface area (Å²) < 4.78 is 18.8. The van der Waals surface area contributed by atoms with Crippen LogP contribution in [-0.4, -0.2) is 75.0 Å². The van der Waals surface area contributed by atoms with Crippen LogP contribution in [0, 0.1) is 29.6 Å². The van der Waals surface area contributed by atoms with Gasteiger partial charge in [-0.3, -0.25) is 19.2 Å². The predicted octanol–water partition coefficient (Wildman–Crippen LogP) is 3.71. The molecule has 12 nitrogen and oxygen atoms in total. The number of nitrogens with zero attached hydrogens (tertiary/aromatic N) is 1. The first kappa shape index (κ1) is 37.8. The Morgan fingerprint density at radius 1 is 1.04 bits per heavy atom. The molecule has 4 unspecified atom stereocenters. The number of furan rings is 1. The summed E-state index contributed by atoms with van der Waals surface area (Å²) in [6.45, 7) is 13.6. The number of hydrogen-bond donors (Lipinski definition) is 4. The number of urea groups is 1. The average Bonchev–Trinajstić information content (AvgIpc) is 3.49. The highest BCUT2D eigenvalue weighted by atomic mass is 32.2. The molecule has 48 heavy (non-hydrogen) atoms. The predicted molar refractivity (Wildman–Crippen MR) is 182 cm³/mol. The van der Waals surface area contributed by atoms with E-state index in [1.807, 2.05) is 41.5 Å². The van der Waals surface area contributed by atoms with Crippen LogP contribution in [0.3, 0.4) is 0 Å². The average molecular weight is 690 g/mol. The number of carbonyl (C=O) groups excluding carboxylic acids is 5. The van der Waals surface area contributed by atoms with E-state index >= 15 is 0 Å². The summed E-state index contributed by atoms with van der Waals surface area (Å²) in [5.74, 6) is -2.05. The summed E-state index contributed by atoms with van der Waals surface area (Å²) in [5.41, 5.74) is 3.51. The molecule has 4 rings (SSSR count). The second-order valence-electron chi connectivity index (χ2n) is 16.3. The molecular weight excluding hydrogens is 634 g/mol. The fraction of sp³-hybridized carbons (Fsp3) is 0.743. The second-order valence-corrected chi connectivity index (χ2v) is 17.7. The number of nitrogens with two attached hydrogens (primary N) is 1. The number of aryl methyl sites for hydroxylation is 1. The first-order valence-electron chi connectivity index (χ1n) is 17.3. The van der Waals surface area contributed by atoms with E-state index in [4.69, 9.17) is 10.2 Å². The molecule has 3 fully saturated rings. The Kier molecular flexibility index (Phi) is 11.7. The number of ketones is 1. The lowest BCUT2D eigenvalue weighted by Gasteiger charge is -2.40. The van der Waals surface area contributed by atoms with Crippen molar-refractivity contribution in [2.24, 2.45) is 28.4 Å². The van der Waals surface area contributed by atoms with Crippen LogP contribution in [0.5, 0.6) is 0 Å². The van der Waals surface area contributed by atoms with Gasteiger partial charge in [0.2, 0.25) is 17.6 Å². The van der Waals surface area contributed by atoms with E-state index in [1.54, 1.807) is 13.0 Å². The third-order valence-electron chi connectivity index (χ3n) is 10.2. The van der Waals surface area contributed by atoms with Gasteiger partial charge in [0.05, 0.1) is 17.8 Å². The zero-order valence-electron chi connectivity index (χ0n) is 29.6. The molecule has 0 radical (unpaired) electrons. The minimum absolute atomic E-state index is 0.225. The highest BCUT2D eigenvalue weighted by Crippen LogP contribution is 2.40. The molecule has 5 N–H and O–H groups in total. The van der Waals surface area contributed by atoms with Crippen molar-refractivity contribution in [3.8, 4) is 0 Å². The Balaban J connectivity index is 1.55. The maximum atomic E-state index is 14.5. The van der Waals surface area contributed by atoms with Crippen LogP contribution in [0.1, 0.15) is 105 Å². The van der Waals surface area contributed by atoms with Crippen LogP contribution in [0.25, 0.3) is 0 Å². The fourth-order valence-corrected chi connectivity index (χ4v) is 8.91. The fourth-order valence-electron chi connectivity index (χ4n) is 7.31. The van der Waals surface area contributed by atoms with Gasteiger partial charge < -0.3 is 35.6 Å². The molecule has 5 amide bonds. The first-order chi connectivity index (χ1) is 22.3. The van der Waals surface area contributed by atoms with Crippen molar-refractivity contribution in [2.45, 2.75) is 135 Å². The maximum Gasteiger partial charge on any atom is 0.316 e. The van der Waals surface area contributed by atoms with E-state index in [9.17, 15) is 28.5 Å². The van der Waals surface area contributed by atoms with Crippen molar-refractivity contribution < 1.29 is 32.9 Å². The molecule has 5 atom stereocenters. The molecular formula is C35H55N5O7S. The van der Waals surface area contributed by atoms with E-state index < -0.39 is 69.8 Å². The largest absolute Gasteiger partial charge is 0.611 e. The van der Waals surface area contributed by atoms with Gasteiger partial charge in [-0.25, -0.2) is 4.79 Å². The van der Waals surface area contributed by atoms with E-state index in [2.05, 4.69) is 16.0 Å². The number of hydrogen-bond acceptors (Lipinski definition) is 7. The number of primary amides is 1. The topological polar surface area (TPSA) is 187 Å². The molecule has 1 aromatic rings. The number of nitrogens with one attached hydrogen (secondary N) is 3. The smallest absolute Gasteiger partial charge is 0.316 e. The van der Waals surface area contributed by atoms with Crippen molar-refractivity contribution in [1.29, 1.82) is 0 Å². The minimum Gasteiger partial charge on any atom is -0.611 e. The van der Waals surface area contributed by atoms with E-state index in [0.717, 1.165) is 32.1 Å².